The molecule has 4 saturated heterocycles. The van der Waals surface area contributed by atoms with Gasteiger partial charge < -0.3 is 34.8 Å². The van der Waals surface area contributed by atoms with Crippen molar-refractivity contribution in [1.82, 2.24) is 39.9 Å². The molecule has 2 aromatic heterocycles. The van der Waals surface area contributed by atoms with Crippen molar-refractivity contribution in [3.05, 3.63) is 77.2 Å². The number of carbonyl (C=O) groups excluding carboxylic acids is 4. The fourth-order valence-corrected chi connectivity index (χ4v) is 11.3. The Bertz CT molecular complexity index is 2990. The molecule has 16 nitrogen and oxygen atoms in total. The zero-order valence-corrected chi connectivity index (χ0v) is 39.6. The Kier molecular flexibility index (Phi) is 11.9. The number of fused-ring (bicyclic) bond motifs is 3. The molecule has 17 heteroatoms. The van der Waals surface area contributed by atoms with Gasteiger partial charge in [0.25, 0.3) is 17.7 Å². The summed E-state index contributed by atoms with van der Waals surface area (Å²) in [4.78, 5) is 77.7. The van der Waals surface area contributed by atoms with Gasteiger partial charge in [0.1, 0.15) is 28.8 Å². The average molecular weight is 949 g/mol. The van der Waals surface area contributed by atoms with E-state index >= 15 is 4.39 Å². The number of likely N-dealkylation sites (N-methyl/N-ethyl adjacent to an activating group) is 1. The van der Waals surface area contributed by atoms with E-state index in [0.29, 0.717) is 69.8 Å². The summed E-state index contributed by atoms with van der Waals surface area (Å²) < 4.78 is 23.5. The van der Waals surface area contributed by atoms with Crippen LogP contribution in [0.25, 0.3) is 32.9 Å². The number of pyridine rings is 1. The first kappa shape index (κ1) is 45.7. The van der Waals surface area contributed by atoms with Crippen LogP contribution in [0.15, 0.2) is 54.7 Å². The summed E-state index contributed by atoms with van der Waals surface area (Å²) >= 11 is 0. The lowest BCUT2D eigenvalue weighted by Crippen LogP contribution is -2.54. The maximum atomic E-state index is 17.0. The zero-order valence-electron chi connectivity index (χ0n) is 39.6. The summed E-state index contributed by atoms with van der Waals surface area (Å²) in [6, 6.07) is 13.3. The summed E-state index contributed by atoms with van der Waals surface area (Å²) in [6.07, 6.45) is 11.8. The molecule has 5 aromatic rings. The first-order valence-electron chi connectivity index (χ1n) is 24.6. The second-order valence-corrected chi connectivity index (χ2v) is 20.2. The smallest absolute Gasteiger partial charge is 0.319 e. The molecule has 11 rings (SSSR count). The number of piperazine rings is 2. The van der Waals surface area contributed by atoms with Crippen molar-refractivity contribution in [3.8, 4) is 35.4 Å². The van der Waals surface area contributed by atoms with Gasteiger partial charge in [0.15, 0.2) is 5.82 Å². The molecule has 0 bridgehead atoms. The fourth-order valence-electron chi connectivity index (χ4n) is 11.3. The molecule has 5 fully saturated rings. The first-order valence-corrected chi connectivity index (χ1v) is 24.6. The molecule has 2 atom stereocenters. The number of nitrogens with one attached hydrogen (secondary N) is 1. The molecule has 0 radical (unpaired) electrons. The number of rotatable bonds is 11. The maximum absolute atomic E-state index is 17.0. The lowest BCUT2D eigenvalue weighted by molar-refractivity contribution is -0.149. The highest BCUT2D eigenvalue weighted by Gasteiger charge is 2.47. The third-order valence-electron chi connectivity index (χ3n) is 15.5. The van der Waals surface area contributed by atoms with Gasteiger partial charge in [-0.2, -0.15) is 9.97 Å². The third-order valence-corrected chi connectivity index (χ3v) is 15.5. The molecule has 2 unspecified atom stereocenters. The van der Waals surface area contributed by atoms with E-state index in [-0.39, 0.29) is 53.2 Å². The van der Waals surface area contributed by atoms with Crippen LogP contribution < -0.4 is 19.9 Å². The molecular formula is C53H57FN10O6. The summed E-state index contributed by atoms with van der Waals surface area (Å²) in [5.74, 6) is 1.38. The van der Waals surface area contributed by atoms with Crippen molar-refractivity contribution in [3.63, 3.8) is 0 Å². The fraction of sp³-hybridized carbons (Fsp3) is 0.453. The van der Waals surface area contributed by atoms with Crippen molar-refractivity contribution in [2.45, 2.75) is 57.5 Å². The largest absolute Gasteiger partial charge is 0.508 e. The van der Waals surface area contributed by atoms with Crippen LogP contribution >= 0.6 is 0 Å². The summed E-state index contributed by atoms with van der Waals surface area (Å²) in [5.41, 5.74) is 2.56. The molecule has 70 heavy (non-hydrogen) atoms. The molecule has 6 aliphatic rings. The summed E-state index contributed by atoms with van der Waals surface area (Å²) in [7, 11) is 1.39. The number of likely N-dealkylation sites (tertiary alicyclic amines) is 1. The van der Waals surface area contributed by atoms with E-state index in [2.05, 4.69) is 42.7 Å². The Balaban J connectivity index is 0.712. The SMILES string of the molecule is C#Cc1cccc2cc(O)cc(-c3ncc4c(N5CCNC(C)C5)nc(OCC5(CN6CCN(CC7CCN(c8ccc9c(c8)C(=O)N(C8CCC(=O)N(C)C8=O)C9=O)CC7)CC6)CC5)nc4c3F)c12. The van der Waals surface area contributed by atoms with Gasteiger partial charge in [-0.25, -0.2) is 4.39 Å². The molecular weight excluding hydrogens is 892 g/mol. The van der Waals surface area contributed by atoms with Gasteiger partial charge in [0.05, 0.1) is 23.1 Å². The Morgan fingerprint density at radius 1 is 0.900 bits per heavy atom. The van der Waals surface area contributed by atoms with Crippen molar-refractivity contribution < 1.29 is 33.4 Å². The van der Waals surface area contributed by atoms with Gasteiger partial charge in [-0.05, 0) is 86.7 Å². The first-order chi connectivity index (χ1) is 33.9. The molecule has 362 valence electrons. The van der Waals surface area contributed by atoms with Crippen molar-refractivity contribution in [2.75, 3.05) is 95.4 Å². The Morgan fingerprint density at radius 2 is 1.67 bits per heavy atom. The average Bonchev–Trinajstić information content (AvgIpc) is 4.09. The number of halogens is 1. The van der Waals surface area contributed by atoms with Crippen LogP contribution in [0, 0.1) is 29.5 Å². The van der Waals surface area contributed by atoms with Crippen LogP contribution in [-0.4, -0.2) is 161 Å². The number of piperidine rings is 2. The van der Waals surface area contributed by atoms with E-state index < -0.39 is 29.6 Å². The van der Waals surface area contributed by atoms with Crippen molar-refractivity contribution >= 4 is 56.8 Å². The number of hydrogen-bond donors (Lipinski definition) is 2. The van der Waals surface area contributed by atoms with Gasteiger partial charge >= 0.3 is 6.01 Å². The van der Waals surface area contributed by atoms with Crippen LogP contribution in [-0.2, 0) is 9.59 Å². The number of hydrogen-bond acceptors (Lipinski definition) is 14. The number of aromatic nitrogens is 3. The number of phenols is 1. The van der Waals surface area contributed by atoms with E-state index in [9.17, 15) is 24.3 Å². The minimum absolute atomic E-state index is 0.0253. The molecule has 7 heterocycles. The molecule has 0 spiro atoms. The van der Waals surface area contributed by atoms with Gasteiger partial charge in [0, 0.05) is 125 Å². The number of aromatic hydroxyl groups is 1. The minimum atomic E-state index is -0.968. The number of benzene rings is 3. The highest BCUT2D eigenvalue weighted by atomic mass is 19.1. The Hall–Kier alpha value is -6.74. The molecule has 1 saturated carbocycles. The highest BCUT2D eigenvalue weighted by Crippen LogP contribution is 2.47. The molecule has 4 amide bonds. The predicted molar refractivity (Wildman–Crippen MR) is 262 cm³/mol. The predicted octanol–water partition coefficient (Wildman–Crippen LogP) is 4.91. The number of amides is 4. The van der Waals surface area contributed by atoms with E-state index in [4.69, 9.17) is 21.1 Å². The number of nitrogens with zero attached hydrogens (tertiary/aromatic N) is 9. The van der Waals surface area contributed by atoms with E-state index in [0.717, 1.165) is 100 Å². The van der Waals surface area contributed by atoms with E-state index in [1.807, 2.05) is 18.2 Å². The molecule has 2 N–H and O–H groups in total. The zero-order chi connectivity index (χ0) is 48.4. The van der Waals surface area contributed by atoms with Crippen LogP contribution in [0.3, 0.4) is 0 Å². The minimum Gasteiger partial charge on any atom is -0.508 e. The summed E-state index contributed by atoms with van der Waals surface area (Å²) in [6.45, 7) is 12.1. The maximum Gasteiger partial charge on any atom is 0.319 e. The number of carbonyl (C=O) groups is 4. The number of phenolic OH excluding ortho intramolecular Hbond substituents is 1. The van der Waals surface area contributed by atoms with Crippen LogP contribution in [0.1, 0.15) is 71.7 Å². The molecule has 1 aliphatic carbocycles. The third kappa shape index (κ3) is 8.45. The van der Waals surface area contributed by atoms with Crippen LogP contribution in [0.4, 0.5) is 15.9 Å². The standard InChI is InChI=1S/C53H57FN10O6/c1-4-34-6-5-7-35-24-37(65)26-40(44(34)35)46-45(54)47-41(27-56-46)48(63-19-16-55-32(2)28-63)58-52(57-47)70-31-53(14-15-53)30-61-22-20-60(21-23-61)29-33-12-17-62(18-13-33)36-8-9-38-39(25-36)50(68)64(49(38)67)42-10-11-43(66)59(3)51(42)69/h1,5-9,24-27,32-33,42,55,65H,10-23,28-31H2,2-3H3. The molecule has 3 aromatic carbocycles. The highest BCUT2D eigenvalue weighted by molar-refractivity contribution is 6.23. The van der Waals surface area contributed by atoms with Gasteiger partial charge in [-0.15, -0.1) is 6.42 Å². The van der Waals surface area contributed by atoms with Crippen LogP contribution in [0.2, 0.25) is 0 Å². The van der Waals surface area contributed by atoms with Crippen molar-refractivity contribution in [1.29, 1.82) is 0 Å². The number of ether oxygens (including phenoxy) is 1. The van der Waals surface area contributed by atoms with Gasteiger partial charge in [-0.3, -0.25) is 34.0 Å². The quantitative estimate of drug-likeness (QED) is 0.136. The number of imide groups is 2. The lowest BCUT2D eigenvalue weighted by Gasteiger charge is -2.40. The number of terminal acetylenes is 1. The normalized spacial score (nSPS) is 22.3. The second kappa shape index (κ2) is 18.2. The van der Waals surface area contributed by atoms with Crippen LogP contribution in [0.5, 0.6) is 11.8 Å². The lowest BCUT2D eigenvalue weighted by atomic mass is 9.95. The second-order valence-electron chi connectivity index (χ2n) is 20.2. The van der Waals surface area contributed by atoms with E-state index in [1.54, 1.807) is 30.5 Å². The van der Waals surface area contributed by atoms with Gasteiger partial charge in [0.2, 0.25) is 5.91 Å². The monoisotopic (exact) mass is 948 g/mol. The summed E-state index contributed by atoms with van der Waals surface area (Å²) in [5, 5.41) is 16.0. The van der Waals surface area contributed by atoms with Gasteiger partial charge in [-0.1, -0.05) is 18.1 Å². The Labute approximate surface area is 405 Å². The topological polar surface area (TPSA) is 168 Å². The van der Waals surface area contributed by atoms with E-state index in [1.165, 1.54) is 13.1 Å². The molecule has 5 aliphatic heterocycles. The number of anilines is 2. The van der Waals surface area contributed by atoms with Crippen molar-refractivity contribution in [2.24, 2.45) is 11.3 Å². The Morgan fingerprint density at radius 3 is 2.43 bits per heavy atom.